The second-order valence-corrected chi connectivity index (χ2v) is 5.82. The van der Waals surface area contributed by atoms with Gasteiger partial charge in [-0.15, -0.1) is 0 Å². The standard InChI is InChI=1S/C21H23NO3/c1-17-8-10-18(11-9-17)12-13-20(23)22(15-14-21(24)25-2)16-19-6-4-3-5-7-19/h3-13H,14-16H2,1-2H3/b13-12+. The first-order valence-electron chi connectivity index (χ1n) is 8.23. The molecule has 0 atom stereocenters. The minimum Gasteiger partial charge on any atom is -0.469 e. The number of aryl methyl sites for hydroxylation is 1. The molecule has 0 fully saturated rings. The van der Waals surface area contributed by atoms with E-state index in [4.69, 9.17) is 0 Å². The summed E-state index contributed by atoms with van der Waals surface area (Å²) in [5.41, 5.74) is 3.16. The molecule has 2 aromatic carbocycles. The fourth-order valence-electron chi connectivity index (χ4n) is 2.35. The van der Waals surface area contributed by atoms with Gasteiger partial charge in [-0.25, -0.2) is 0 Å². The van der Waals surface area contributed by atoms with Gasteiger partial charge in [-0.3, -0.25) is 9.59 Å². The molecular weight excluding hydrogens is 314 g/mol. The third-order valence-electron chi connectivity index (χ3n) is 3.84. The Labute approximate surface area is 148 Å². The van der Waals surface area contributed by atoms with Crippen LogP contribution < -0.4 is 0 Å². The Morgan fingerprint density at radius 2 is 1.72 bits per heavy atom. The average molecular weight is 337 g/mol. The monoisotopic (exact) mass is 337 g/mol. The molecule has 0 spiro atoms. The Balaban J connectivity index is 2.07. The van der Waals surface area contributed by atoms with Crippen LogP contribution in [-0.2, 0) is 20.9 Å². The normalized spacial score (nSPS) is 10.6. The zero-order valence-corrected chi connectivity index (χ0v) is 14.6. The van der Waals surface area contributed by atoms with Gasteiger partial charge in [0.25, 0.3) is 0 Å². The van der Waals surface area contributed by atoms with Crippen LogP contribution in [-0.4, -0.2) is 30.4 Å². The number of benzene rings is 2. The zero-order valence-electron chi connectivity index (χ0n) is 14.6. The third kappa shape index (κ3) is 6.26. The SMILES string of the molecule is COC(=O)CCN(Cc1ccccc1)C(=O)/C=C/c1ccc(C)cc1. The third-order valence-corrected chi connectivity index (χ3v) is 3.84. The molecule has 4 heteroatoms. The van der Waals surface area contributed by atoms with E-state index in [0.29, 0.717) is 13.1 Å². The van der Waals surface area contributed by atoms with Crippen LogP contribution in [0, 0.1) is 6.92 Å². The smallest absolute Gasteiger partial charge is 0.307 e. The average Bonchev–Trinajstić information content (AvgIpc) is 2.64. The van der Waals surface area contributed by atoms with Crippen molar-refractivity contribution in [3.63, 3.8) is 0 Å². The van der Waals surface area contributed by atoms with E-state index < -0.39 is 0 Å². The number of carbonyl (C=O) groups excluding carboxylic acids is 2. The summed E-state index contributed by atoms with van der Waals surface area (Å²) < 4.78 is 4.68. The van der Waals surface area contributed by atoms with Crippen molar-refractivity contribution in [2.45, 2.75) is 19.9 Å². The molecule has 4 nitrogen and oxygen atoms in total. The van der Waals surface area contributed by atoms with Crippen LogP contribution in [0.4, 0.5) is 0 Å². The molecule has 0 aliphatic rings. The Morgan fingerprint density at radius 1 is 1.04 bits per heavy atom. The van der Waals surface area contributed by atoms with Gasteiger partial charge in [0.2, 0.25) is 5.91 Å². The summed E-state index contributed by atoms with van der Waals surface area (Å²) >= 11 is 0. The largest absolute Gasteiger partial charge is 0.469 e. The number of rotatable bonds is 7. The van der Waals surface area contributed by atoms with E-state index in [0.717, 1.165) is 11.1 Å². The quantitative estimate of drug-likeness (QED) is 0.573. The van der Waals surface area contributed by atoms with Crippen LogP contribution in [0.2, 0.25) is 0 Å². The Bertz CT molecular complexity index is 721. The molecule has 0 unspecified atom stereocenters. The molecule has 0 saturated carbocycles. The van der Waals surface area contributed by atoms with Crippen LogP contribution in [0.15, 0.2) is 60.7 Å². The molecule has 25 heavy (non-hydrogen) atoms. The van der Waals surface area contributed by atoms with Crippen LogP contribution >= 0.6 is 0 Å². The predicted molar refractivity (Wildman–Crippen MR) is 98.7 cm³/mol. The number of methoxy groups -OCH3 is 1. The summed E-state index contributed by atoms with van der Waals surface area (Å²) in [5, 5.41) is 0. The summed E-state index contributed by atoms with van der Waals surface area (Å²) in [4.78, 5) is 25.6. The molecule has 0 saturated heterocycles. The second-order valence-electron chi connectivity index (χ2n) is 5.82. The number of hydrogen-bond donors (Lipinski definition) is 0. The maximum Gasteiger partial charge on any atom is 0.307 e. The summed E-state index contributed by atoms with van der Waals surface area (Å²) in [6.45, 7) is 2.79. The molecule has 0 radical (unpaired) electrons. The van der Waals surface area contributed by atoms with Crippen LogP contribution in [0.3, 0.4) is 0 Å². The van der Waals surface area contributed by atoms with Gasteiger partial charge >= 0.3 is 5.97 Å². The van der Waals surface area contributed by atoms with E-state index >= 15 is 0 Å². The summed E-state index contributed by atoms with van der Waals surface area (Å²) in [6, 6.07) is 17.7. The lowest BCUT2D eigenvalue weighted by Gasteiger charge is -2.21. The van der Waals surface area contributed by atoms with Gasteiger partial charge in [-0.1, -0.05) is 60.2 Å². The van der Waals surface area contributed by atoms with Gasteiger partial charge in [0.1, 0.15) is 0 Å². The predicted octanol–water partition coefficient (Wildman–Crippen LogP) is 3.60. The second kappa shape index (κ2) is 9.42. The van der Waals surface area contributed by atoms with Crippen molar-refractivity contribution in [2.24, 2.45) is 0 Å². The van der Waals surface area contributed by atoms with Gasteiger partial charge in [0, 0.05) is 19.2 Å². The van der Waals surface area contributed by atoms with Crippen molar-refractivity contribution in [3.8, 4) is 0 Å². The number of esters is 1. The maximum absolute atomic E-state index is 12.6. The number of nitrogens with zero attached hydrogens (tertiary/aromatic N) is 1. The van der Waals surface area contributed by atoms with Gasteiger partial charge in [0.05, 0.1) is 13.5 Å². The zero-order chi connectivity index (χ0) is 18.1. The highest BCUT2D eigenvalue weighted by molar-refractivity contribution is 5.92. The molecule has 0 N–H and O–H groups in total. The van der Waals surface area contributed by atoms with Crippen molar-refractivity contribution in [3.05, 3.63) is 77.4 Å². The molecule has 2 rings (SSSR count). The number of amides is 1. The van der Waals surface area contributed by atoms with Gasteiger partial charge in [-0.2, -0.15) is 0 Å². The van der Waals surface area contributed by atoms with Crippen LogP contribution in [0.25, 0.3) is 6.08 Å². The molecule has 0 aromatic heterocycles. The maximum atomic E-state index is 12.6. The van der Waals surface area contributed by atoms with Crippen LogP contribution in [0.5, 0.6) is 0 Å². The fourth-order valence-corrected chi connectivity index (χ4v) is 2.35. The van der Waals surface area contributed by atoms with E-state index in [9.17, 15) is 9.59 Å². The van der Waals surface area contributed by atoms with E-state index in [1.54, 1.807) is 17.1 Å². The lowest BCUT2D eigenvalue weighted by molar-refractivity contribution is -0.141. The lowest BCUT2D eigenvalue weighted by Crippen LogP contribution is -2.31. The van der Waals surface area contributed by atoms with Gasteiger partial charge in [-0.05, 0) is 24.1 Å². The molecule has 0 aliphatic heterocycles. The first kappa shape index (κ1) is 18.5. The Hall–Kier alpha value is -2.88. The van der Waals surface area contributed by atoms with Crippen molar-refractivity contribution in [1.29, 1.82) is 0 Å². The highest BCUT2D eigenvalue weighted by Crippen LogP contribution is 2.09. The summed E-state index contributed by atoms with van der Waals surface area (Å²) in [6.07, 6.45) is 3.51. The minimum atomic E-state index is -0.326. The van der Waals surface area contributed by atoms with Crippen molar-refractivity contribution in [1.82, 2.24) is 4.90 Å². The summed E-state index contributed by atoms with van der Waals surface area (Å²) in [5.74, 6) is -0.457. The topological polar surface area (TPSA) is 46.6 Å². The molecule has 0 bridgehead atoms. The van der Waals surface area contributed by atoms with Crippen molar-refractivity contribution >= 4 is 18.0 Å². The molecular formula is C21H23NO3. The highest BCUT2D eigenvalue weighted by Gasteiger charge is 2.13. The van der Waals surface area contributed by atoms with E-state index in [2.05, 4.69) is 4.74 Å². The summed E-state index contributed by atoms with van der Waals surface area (Å²) in [7, 11) is 1.35. The van der Waals surface area contributed by atoms with E-state index in [1.165, 1.54) is 12.7 Å². The van der Waals surface area contributed by atoms with E-state index in [-0.39, 0.29) is 18.3 Å². The Kier molecular flexibility index (Phi) is 6.96. The number of hydrogen-bond acceptors (Lipinski definition) is 3. The Morgan fingerprint density at radius 3 is 2.36 bits per heavy atom. The molecule has 1 amide bonds. The van der Waals surface area contributed by atoms with Crippen LogP contribution in [0.1, 0.15) is 23.1 Å². The lowest BCUT2D eigenvalue weighted by atomic mass is 10.1. The van der Waals surface area contributed by atoms with Crippen molar-refractivity contribution < 1.29 is 14.3 Å². The first-order valence-corrected chi connectivity index (χ1v) is 8.23. The van der Waals surface area contributed by atoms with Gasteiger partial charge < -0.3 is 9.64 Å². The van der Waals surface area contributed by atoms with Gasteiger partial charge in [0.15, 0.2) is 0 Å². The highest BCUT2D eigenvalue weighted by atomic mass is 16.5. The first-order chi connectivity index (χ1) is 12.1. The molecule has 0 aliphatic carbocycles. The number of carbonyl (C=O) groups is 2. The minimum absolute atomic E-state index is 0.131. The number of ether oxygens (including phenoxy) is 1. The van der Waals surface area contributed by atoms with E-state index in [1.807, 2.05) is 61.5 Å². The van der Waals surface area contributed by atoms with Crippen molar-refractivity contribution in [2.75, 3.05) is 13.7 Å². The molecule has 2 aromatic rings. The molecule has 0 heterocycles. The fraction of sp³-hybridized carbons (Fsp3) is 0.238. The molecule has 130 valence electrons.